The molecular weight excluding hydrogens is 458 g/mol. The Morgan fingerprint density at radius 3 is 2.22 bits per heavy atom. The van der Waals surface area contributed by atoms with Gasteiger partial charge in [0.1, 0.15) is 18.2 Å². The molecule has 0 aliphatic carbocycles. The van der Waals surface area contributed by atoms with E-state index in [-0.39, 0.29) is 36.0 Å². The highest BCUT2D eigenvalue weighted by atomic mass is 16.5. The number of esters is 1. The minimum Gasteiger partial charge on any atom is -0.445 e. The van der Waals surface area contributed by atoms with Crippen molar-refractivity contribution in [1.82, 2.24) is 5.32 Å². The zero-order chi connectivity index (χ0) is 25.8. The molecule has 0 aromatic heterocycles. The predicted octanol–water partition coefficient (Wildman–Crippen LogP) is 4.59. The molecule has 0 saturated carbocycles. The number of nitrogens with one attached hydrogen (secondary N) is 2. The normalized spacial score (nSPS) is 10.3. The minimum absolute atomic E-state index is 0.127. The molecular formula is C28H29N3O5. The summed E-state index contributed by atoms with van der Waals surface area (Å²) in [4.78, 5) is 37.2. The SMILES string of the molecule is N=C(N)c1ccc(OC(=O)CCCCCNC(=O)OCc2ccccc2)c(C(=O)c2ccccc2)c1. The van der Waals surface area contributed by atoms with Gasteiger partial charge in [-0.15, -0.1) is 0 Å². The van der Waals surface area contributed by atoms with Crippen LogP contribution < -0.4 is 15.8 Å². The lowest BCUT2D eigenvalue weighted by atomic mass is 10.00. The van der Waals surface area contributed by atoms with Gasteiger partial charge in [0.05, 0.1) is 5.56 Å². The lowest BCUT2D eigenvalue weighted by Gasteiger charge is -2.11. The van der Waals surface area contributed by atoms with Crippen molar-refractivity contribution in [2.24, 2.45) is 5.73 Å². The Morgan fingerprint density at radius 2 is 1.53 bits per heavy atom. The van der Waals surface area contributed by atoms with Gasteiger partial charge in [-0.2, -0.15) is 0 Å². The zero-order valence-corrected chi connectivity index (χ0v) is 19.9. The summed E-state index contributed by atoms with van der Waals surface area (Å²) in [6.07, 6.45) is 1.62. The zero-order valence-electron chi connectivity index (χ0n) is 19.9. The van der Waals surface area contributed by atoms with Crippen LogP contribution in [0.5, 0.6) is 5.75 Å². The summed E-state index contributed by atoms with van der Waals surface area (Å²) in [7, 11) is 0. The van der Waals surface area contributed by atoms with Crippen molar-refractivity contribution in [2.75, 3.05) is 6.54 Å². The van der Waals surface area contributed by atoms with Gasteiger partial charge in [-0.25, -0.2) is 4.79 Å². The molecule has 0 fully saturated rings. The fourth-order valence-electron chi connectivity index (χ4n) is 3.42. The first-order valence-electron chi connectivity index (χ1n) is 11.7. The molecule has 0 bridgehead atoms. The van der Waals surface area contributed by atoms with Gasteiger partial charge in [0.2, 0.25) is 0 Å². The molecule has 1 amide bonds. The van der Waals surface area contributed by atoms with Gasteiger partial charge in [-0.3, -0.25) is 15.0 Å². The largest absolute Gasteiger partial charge is 0.445 e. The quantitative estimate of drug-likeness (QED) is 0.0855. The third-order valence-electron chi connectivity index (χ3n) is 5.33. The number of carbonyl (C=O) groups excluding carboxylic acids is 3. The average molecular weight is 488 g/mol. The maximum Gasteiger partial charge on any atom is 0.407 e. The Balaban J connectivity index is 1.43. The third-order valence-corrected chi connectivity index (χ3v) is 5.33. The van der Waals surface area contributed by atoms with Crippen LogP contribution in [0.4, 0.5) is 4.79 Å². The van der Waals surface area contributed by atoms with E-state index in [9.17, 15) is 14.4 Å². The second kappa shape index (κ2) is 13.4. The predicted molar refractivity (Wildman–Crippen MR) is 136 cm³/mol. The van der Waals surface area contributed by atoms with E-state index in [0.717, 1.165) is 5.56 Å². The first-order valence-corrected chi connectivity index (χ1v) is 11.7. The molecule has 3 rings (SSSR count). The molecule has 3 aromatic rings. The first-order chi connectivity index (χ1) is 17.4. The Hall–Kier alpha value is -4.46. The summed E-state index contributed by atoms with van der Waals surface area (Å²) in [5.74, 6) is -0.858. The third kappa shape index (κ3) is 8.09. The second-order valence-corrected chi connectivity index (χ2v) is 8.09. The van der Waals surface area contributed by atoms with E-state index < -0.39 is 12.1 Å². The lowest BCUT2D eigenvalue weighted by molar-refractivity contribution is -0.134. The van der Waals surface area contributed by atoms with Gasteiger partial charge in [0.15, 0.2) is 5.78 Å². The Kier molecular flexibility index (Phi) is 9.76. The molecule has 0 saturated heterocycles. The van der Waals surface area contributed by atoms with Gasteiger partial charge in [0.25, 0.3) is 0 Å². The molecule has 36 heavy (non-hydrogen) atoms. The van der Waals surface area contributed by atoms with Gasteiger partial charge < -0.3 is 20.5 Å². The number of amides is 1. The molecule has 3 aromatic carbocycles. The summed E-state index contributed by atoms with van der Waals surface area (Å²) in [5, 5.41) is 10.3. The highest BCUT2D eigenvalue weighted by molar-refractivity contribution is 6.12. The summed E-state index contributed by atoms with van der Waals surface area (Å²) < 4.78 is 10.6. The van der Waals surface area contributed by atoms with Crippen LogP contribution in [0.1, 0.15) is 52.7 Å². The maximum atomic E-state index is 13.0. The van der Waals surface area contributed by atoms with Crippen LogP contribution >= 0.6 is 0 Å². The van der Waals surface area contributed by atoms with Crippen LogP contribution in [-0.4, -0.2) is 30.2 Å². The topological polar surface area (TPSA) is 132 Å². The fraction of sp³-hybridized carbons (Fsp3) is 0.214. The number of nitrogen functional groups attached to an aromatic ring is 1. The van der Waals surface area contributed by atoms with Gasteiger partial charge in [-0.1, -0.05) is 67.1 Å². The van der Waals surface area contributed by atoms with Crippen molar-refractivity contribution in [3.05, 3.63) is 101 Å². The molecule has 8 nitrogen and oxygen atoms in total. The monoisotopic (exact) mass is 487 g/mol. The number of amidine groups is 1. The van der Waals surface area contributed by atoms with E-state index in [2.05, 4.69) is 5.32 Å². The van der Waals surface area contributed by atoms with Crippen molar-refractivity contribution < 1.29 is 23.9 Å². The van der Waals surface area contributed by atoms with Crippen LogP contribution in [0.25, 0.3) is 0 Å². The van der Waals surface area contributed by atoms with Crippen LogP contribution in [0.2, 0.25) is 0 Å². The van der Waals surface area contributed by atoms with E-state index in [0.29, 0.717) is 36.9 Å². The molecule has 186 valence electrons. The summed E-state index contributed by atoms with van der Waals surface area (Å²) in [5.41, 5.74) is 7.45. The van der Waals surface area contributed by atoms with Crippen molar-refractivity contribution >= 4 is 23.7 Å². The molecule has 0 radical (unpaired) electrons. The fourth-order valence-corrected chi connectivity index (χ4v) is 3.42. The lowest BCUT2D eigenvalue weighted by Crippen LogP contribution is -2.25. The van der Waals surface area contributed by atoms with E-state index in [1.165, 1.54) is 18.2 Å². The Labute approximate surface area is 209 Å². The number of carbonyl (C=O) groups is 3. The van der Waals surface area contributed by atoms with Crippen molar-refractivity contribution in [1.29, 1.82) is 5.41 Å². The maximum absolute atomic E-state index is 13.0. The number of benzene rings is 3. The van der Waals surface area contributed by atoms with E-state index in [4.69, 9.17) is 20.6 Å². The van der Waals surface area contributed by atoms with Gasteiger partial charge in [0, 0.05) is 24.1 Å². The highest BCUT2D eigenvalue weighted by Gasteiger charge is 2.18. The molecule has 4 N–H and O–H groups in total. The van der Waals surface area contributed by atoms with E-state index >= 15 is 0 Å². The summed E-state index contributed by atoms with van der Waals surface area (Å²) in [6, 6.07) is 22.5. The van der Waals surface area contributed by atoms with Crippen LogP contribution in [0, 0.1) is 5.41 Å². The number of ether oxygens (including phenoxy) is 2. The number of rotatable bonds is 12. The molecule has 0 aliphatic heterocycles. The number of unbranched alkanes of at least 4 members (excludes halogenated alkanes) is 2. The summed E-state index contributed by atoms with van der Waals surface area (Å²) >= 11 is 0. The molecule has 0 unspecified atom stereocenters. The standard InChI is InChI=1S/C28H29N3O5/c29-27(30)22-15-16-24(23(18-22)26(33)21-12-6-2-7-13-21)36-25(32)14-8-3-9-17-31-28(34)35-19-20-10-4-1-5-11-20/h1-2,4-7,10-13,15-16,18H,3,8-9,14,17,19H2,(H3,29,30)(H,31,34). The minimum atomic E-state index is -0.483. The van der Waals surface area contributed by atoms with Crippen LogP contribution in [0.15, 0.2) is 78.9 Å². The van der Waals surface area contributed by atoms with Crippen molar-refractivity contribution in [3.63, 3.8) is 0 Å². The average Bonchev–Trinajstić information content (AvgIpc) is 2.90. The number of nitrogens with two attached hydrogens (primary N) is 1. The number of ketones is 1. The number of hydrogen-bond donors (Lipinski definition) is 3. The molecule has 0 spiro atoms. The molecule has 0 heterocycles. The smallest absolute Gasteiger partial charge is 0.407 e. The van der Waals surface area contributed by atoms with Crippen molar-refractivity contribution in [3.8, 4) is 5.75 Å². The molecule has 8 heteroatoms. The second-order valence-electron chi connectivity index (χ2n) is 8.09. The van der Waals surface area contributed by atoms with Crippen molar-refractivity contribution in [2.45, 2.75) is 32.3 Å². The van der Waals surface area contributed by atoms with Crippen LogP contribution in [0.3, 0.4) is 0 Å². The molecule has 0 aliphatic rings. The molecule has 0 atom stereocenters. The summed E-state index contributed by atoms with van der Waals surface area (Å²) in [6.45, 7) is 0.644. The van der Waals surface area contributed by atoms with E-state index in [1.54, 1.807) is 30.3 Å². The highest BCUT2D eigenvalue weighted by Crippen LogP contribution is 2.24. The Morgan fingerprint density at radius 1 is 0.833 bits per heavy atom. The number of hydrogen-bond acceptors (Lipinski definition) is 6. The van der Waals surface area contributed by atoms with Gasteiger partial charge in [-0.05, 0) is 36.6 Å². The first kappa shape index (κ1) is 26.2. The van der Waals surface area contributed by atoms with Gasteiger partial charge >= 0.3 is 12.1 Å². The Bertz CT molecular complexity index is 1200. The van der Waals surface area contributed by atoms with Crippen LogP contribution in [-0.2, 0) is 16.1 Å². The van der Waals surface area contributed by atoms with E-state index in [1.807, 2.05) is 30.3 Å². The number of alkyl carbamates (subject to hydrolysis) is 1.